The number of hydroxylamine groups is 1. The van der Waals surface area contributed by atoms with Crippen LogP contribution in [-0.4, -0.2) is 19.1 Å². The molecule has 0 heterocycles. The van der Waals surface area contributed by atoms with E-state index in [0.29, 0.717) is 13.0 Å². The summed E-state index contributed by atoms with van der Waals surface area (Å²) < 4.78 is 0. The first-order valence-corrected chi connectivity index (χ1v) is 7.56. The SMILES string of the molecule is CC(=O)Nc1cccc(N(CCC#N)OCCC#N)c1C(C)C. The van der Waals surface area contributed by atoms with Gasteiger partial charge in [-0.25, -0.2) is 0 Å². The van der Waals surface area contributed by atoms with Crippen molar-refractivity contribution in [3.63, 3.8) is 0 Å². The van der Waals surface area contributed by atoms with Crippen LogP contribution in [0.2, 0.25) is 0 Å². The highest BCUT2D eigenvalue weighted by atomic mass is 16.7. The second kappa shape index (κ2) is 9.45. The summed E-state index contributed by atoms with van der Waals surface area (Å²) in [5, 5.41) is 22.0. The minimum absolute atomic E-state index is 0.141. The summed E-state index contributed by atoms with van der Waals surface area (Å²) in [5.74, 6) is 0.00947. The van der Waals surface area contributed by atoms with Gasteiger partial charge in [-0.3, -0.25) is 14.7 Å². The van der Waals surface area contributed by atoms with Crippen molar-refractivity contribution in [3.05, 3.63) is 23.8 Å². The first-order chi connectivity index (χ1) is 11.0. The molecule has 0 aliphatic carbocycles. The first kappa shape index (κ1) is 18.5. The maximum absolute atomic E-state index is 11.4. The number of hydrogen-bond donors (Lipinski definition) is 1. The lowest BCUT2D eigenvalue weighted by atomic mass is 9.98. The summed E-state index contributed by atoms with van der Waals surface area (Å²) in [7, 11) is 0. The van der Waals surface area contributed by atoms with E-state index in [9.17, 15) is 4.79 Å². The van der Waals surface area contributed by atoms with Gasteiger partial charge in [-0.2, -0.15) is 10.5 Å². The van der Waals surface area contributed by atoms with Crippen molar-refractivity contribution in [1.29, 1.82) is 10.5 Å². The fourth-order valence-electron chi connectivity index (χ4n) is 2.28. The largest absolute Gasteiger partial charge is 0.326 e. The lowest BCUT2D eigenvalue weighted by molar-refractivity contribution is -0.114. The average Bonchev–Trinajstić information content (AvgIpc) is 2.49. The van der Waals surface area contributed by atoms with Gasteiger partial charge in [-0.1, -0.05) is 19.9 Å². The number of nitrogens with zero attached hydrogens (tertiary/aromatic N) is 3. The summed E-state index contributed by atoms with van der Waals surface area (Å²) in [6.07, 6.45) is 0.569. The molecule has 0 bridgehead atoms. The van der Waals surface area contributed by atoms with Gasteiger partial charge in [0.15, 0.2) is 0 Å². The number of amides is 1. The van der Waals surface area contributed by atoms with Crippen LogP contribution < -0.4 is 10.4 Å². The quantitative estimate of drug-likeness (QED) is 0.587. The molecule has 0 saturated heterocycles. The Bertz CT molecular complexity index is 614. The summed E-state index contributed by atoms with van der Waals surface area (Å²) >= 11 is 0. The maximum Gasteiger partial charge on any atom is 0.221 e. The third kappa shape index (κ3) is 5.61. The molecule has 6 nitrogen and oxygen atoms in total. The third-order valence-electron chi connectivity index (χ3n) is 3.13. The van der Waals surface area contributed by atoms with Crippen molar-refractivity contribution in [2.24, 2.45) is 0 Å². The Labute approximate surface area is 137 Å². The van der Waals surface area contributed by atoms with Gasteiger partial charge in [-0.15, -0.1) is 0 Å². The van der Waals surface area contributed by atoms with E-state index in [1.54, 1.807) is 5.06 Å². The normalized spacial score (nSPS) is 10.0. The predicted molar refractivity (Wildman–Crippen MR) is 88.6 cm³/mol. The van der Waals surface area contributed by atoms with Gasteiger partial charge in [0.05, 0.1) is 43.8 Å². The van der Waals surface area contributed by atoms with E-state index in [4.69, 9.17) is 15.4 Å². The van der Waals surface area contributed by atoms with Crippen LogP contribution in [0.15, 0.2) is 18.2 Å². The maximum atomic E-state index is 11.4. The van der Waals surface area contributed by atoms with Gasteiger partial charge in [-0.05, 0) is 18.1 Å². The predicted octanol–water partition coefficient (Wildman–Crippen LogP) is 3.33. The number of carbonyl (C=O) groups is 1. The molecular formula is C17H22N4O2. The Morgan fingerprint density at radius 3 is 2.57 bits per heavy atom. The second-order valence-electron chi connectivity index (χ2n) is 5.33. The molecule has 0 unspecified atom stereocenters. The second-order valence-corrected chi connectivity index (χ2v) is 5.33. The van der Waals surface area contributed by atoms with E-state index in [1.807, 2.05) is 38.1 Å². The van der Waals surface area contributed by atoms with E-state index in [1.165, 1.54) is 6.92 Å². The van der Waals surface area contributed by atoms with E-state index in [2.05, 4.69) is 11.4 Å². The Kier molecular flexibility index (Phi) is 7.59. The first-order valence-electron chi connectivity index (χ1n) is 7.56. The highest BCUT2D eigenvalue weighted by molar-refractivity contribution is 5.91. The third-order valence-corrected chi connectivity index (χ3v) is 3.13. The number of anilines is 2. The van der Waals surface area contributed by atoms with Gasteiger partial charge in [0.25, 0.3) is 0 Å². The molecule has 0 spiro atoms. The zero-order valence-corrected chi connectivity index (χ0v) is 13.8. The molecule has 1 N–H and O–H groups in total. The fourth-order valence-corrected chi connectivity index (χ4v) is 2.28. The number of carbonyl (C=O) groups excluding carboxylic acids is 1. The number of nitrogens with one attached hydrogen (secondary N) is 1. The van der Waals surface area contributed by atoms with Gasteiger partial charge in [0, 0.05) is 18.2 Å². The van der Waals surface area contributed by atoms with Crippen LogP contribution in [0.1, 0.15) is 45.1 Å². The summed E-state index contributed by atoms with van der Waals surface area (Å²) in [6, 6.07) is 9.70. The van der Waals surface area contributed by atoms with Crippen molar-refractivity contribution in [3.8, 4) is 12.1 Å². The molecule has 1 aromatic carbocycles. The molecule has 23 heavy (non-hydrogen) atoms. The van der Waals surface area contributed by atoms with Gasteiger partial charge < -0.3 is 5.32 Å². The van der Waals surface area contributed by atoms with Gasteiger partial charge in [0.2, 0.25) is 5.91 Å². The zero-order valence-electron chi connectivity index (χ0n) is 13.8. The number of hydrogen-bond acceptors (Lipinski definition) is 5. The monoisotopic (exact) mass is 314 g/mol. The van der Waals surface area contributed by atoms with Crippen LogP contribution in [0, 0.1) is 22.7 Å². The average molecular weight is 314 g/mol. The van der Waals surface area contributed by atoms with E-state index in [0.717, 1.165) is 16.9 Å². The lowest BCUT2D eigenvalue weighted by Crippen LogP contribution is -2.27. The highest BCUT2D eigenvalue weighted by Gasteiger charge is 2.18. The topological polar surface area (TPSA) is 89.2 Å². The summed E-state index contributed by atoms with van der Waals surface area (Å²) in [5.41, 5.74) is 2.48. The minimum Gasteiger partial charge on any atom is -0.326 e. The molecule has 0 atom stereocenters. The molecule has 0 saturated carbocycles. The smallest absolute Gasteiger partial charge is 0.221 e. The van der Waals surface area contributed by atoms with Crippen LogP contribution in [-0.2, 0) is 9.63 Å². The Balaban J connectivity index is 3.20. The van der Waals surface area contributed by atoms with Gasteiger partial charge in [0.1, 0.15) is 0 Å². The van der Waals surface area contributed by atoms with Crippen molar-refractivity contribution in [1.82, 2.24) is 0 Å². The van der Waals surface area contributed by atoms with Crippen molar-refractivity contribution >= 4 is 17.3 Å². The molecule has 0 aromatic heterocycles. The van der Waals surface area contributed by atoms with E-state index < -0.39 is 0 Å². The van der Waals surface area contributed by atoms with E-state index >= 15 is 0 Å². The molecule has 1 aromatic rings. The number of nitriles is 2. The molecule has 1 amide bonds. The molecular weight excluding hydrogens is 292 g/mol. The lowest BCUT2D eigenvalue weighted by Gasteiger charge is -2.28. The van der Waals surface area contributed by atoms with Gasteiger partial charge >= 0.3 is 0 Å². The van der Waals surface area contributed by atoms with Crippen molar-refractivity contribution < 1.29 is 9.63 Å². The molecule has 0 radical (unpaired) electrons. The molecule has 1 rings (SSSR count). The molecule has 6 heteroatoms. The standard InChI is InChI=1S/C17H22N4O2/c1-13(2)17-15(20-14(3)22)7-4-8-16(17)21(11-5-9-18)23-12-6-10-19/h4,7-8,13H,5-6,11-12H2,1-3H3,(H,20,22). The zero-order chi connectivity index (χ0) is 17.2. The summed E-state index contributed by atoms with van der Waals surface area (Å²) in [6.45, 7) is 6.17. The van der Waals surface area contributed by atoms with Crippen LogP contribution in [0.4, 0.5) is 11.4 Å². The van der Waals surface area contributed by atoms with Crippen molar-refractivity contribution in [2.45, 2.75) is 39.5 Å². The highest BCUT2D eigenvalue weighted by Crippen LogP contribution is 2.34. The Morgan fingerprint density at radius 1 is 1.30 bits per heavy atom. The molecule has 122 valence electrons. The van der Waals surface area contributed by atoms with Crippen LogP contribution >= 0.6 is 0 Å². The number of benzene rings is 1. The van der Waals surface area contributed by atoms with Crippen LogP contribution in [0.5, 0.6) is 0 Å². The van der Waals surface area contributed by atoms with Crippen molar-refractivity contribution in [2.75, 3.05) is 23.5 Å². The Morgan fingerprint density at radius 2 is 2.00 bits per heavy atom. The molecule has 0 aliphatic rings. The Hall–Kier alpha value is -2.57. The fraction of sp³-hybridized carbons (Fsp3) is 0.471. The van der Waals surface area contributed by atoms with E-state index in [-0.39, 0.29) is 24.9 Å². The van der Waals surface area contributed by atoms with Crippen LogP contribution in [0.3, 0.4) is 0 Å². The molecule has 0 aliphatic heterocycles. The molecule has 0 fully saturated rings. The minimum atomic E-state index is -0.141. The summed E-state index contributed by atoms with van der Waals surface area (Å²) in [4.78, 5) is 17.1. The van der Waals surface area contributed by atoms with Crippen LogP contribution in [0.25, 0.3) is 0 Å². The number of rotatable bonds is 8.